The van der Waals surface area contributed by atoms with Crippen LogP contribution in [0.2, 0.25) is 0 Å². The molecule has 7 nitrogen and oxygen atoms in total. The van der Waals surface area contributed by atoms with Crippen LogP contribution in [0, 0.1) is 0 Å². The fourth-order valence-corrected chi connectivity index (χ4v) is 4.62. The van der Waals surface area contributed by atoms with E-state index >= 15 is 0 Å². The molecule has 7 heteroatoms. The van der Waals surface area contributed by atoms with Crippen LogP contribution in [0.15, 0.2) is 36.4 Å². The Morgan fingerprint density at radius 1 is 0.900 bits per heavy atom. The Morgan fingerprint density at radius 2 is 1.83 bits per heavy atom. The molecule has 3 aromatic heterocycles. The monoisotopic (exact) mass is 399 g/mol. The van der Waals surface area contributed by atoms with Gasteiger partial charge in [0.05, 0.1) is 22.4 Å². The van der Waals surface area contributed by atoms with Gasteiger partial charge in [0.1, 0.15) is 11.0 Å². The van der Waals surface area contributed by atoms with Gasteiger partial charge in [-0.25, -0.2) is 9.97 Å². The highest BCUT2D eigenvalue weighted by Gasteiger charge is 2.19. The van der Waals surface area contributed by atoms with E-state index in [1.807, 2.05) is 0 Å². The largest absolute Gasteiger partial charge is 0.370 e. The second-order valence-electron chi connectivity index (χ2n) is 8.15. The Hall–Kier alpha value is -3.19. The molecule has 1 saturated heterocycles. The van der Waals surface area contributed by atoms with Crippen LogP contribution in [0.5, 0.6) is 0 Å². The number of piperidine rings is 1. The Bertz CT molecular complexity index is 1240. The zero-order chi connectivity index (χ0) is 19.9. The molecule has 0 aliphatic carbocycles. The maximum absolute atomic E-state index is 4.98. The van der Waals surface area contributed by atoms with Gasteiger partial charge < -0.3 is 15.2 Å². The number of anilines is 1. The number of nitrogens with zero attached hydrogens (tertiary/aromatic N) is 4. The van der Waals surface area contributed by atoms with Crippen molar-refractivity contribution in [3.63, 3.8) is 0 Å². The van der Waals surface area contributed by atoms with Gasteiger partial charge in [-0.3, -0.25) is 5.10 Å². The zero-order valence-corrected chi connectivity index (χ0v) is 16.9. The summed E-state index contributed by atoms with van der Waals surface area (Å²) in [6, 6.07) is 10.5. The summed E-state index contributed by atoms with van der Waals surface area (Å²) in [5.41, 5.74) is 8.16. The van der Waals surface area contributed by atoms with E-state index in [-0.39, 0.29) is 0 Å². The summed E-state index contributed by atoms with van der Waals surface area (Å²) in [4.78, 5) is 15.9. The molecule has 4 aromatic rings. The van der Waals surface area contributed by atoms with Crippen LogP contribution >= 0.6 is 0 Å². The van der Waals surface area contributed by atoms with Crippen molar-refractivity contribution in [2.45, 2.75) is 25.7 Å². The topological polar surface area (TPSA) is 85.5 Å². The normalized spacial score (nSPS) is 17.6. The first-order valence-electron chi connectivity index (χ1n) is 10.9. The average molecular weight is 400 g/mol. The lowest BCUT2D eigenvalue weighted by molar-refractivity contribution is 0.579. The number of para-hydroxylation sites is 1. The first-order valence-corrected chi connectivity index (χ1v) is 10.9. The van der Waals surface area contributed by atoms with Crippen LogP contribution in [-0.2, 0) is 0 Å². The summed E-state index contributed by atoms with van der Waals surface area (Å²) in [5.74, 6) is 0.768. The number of pyridine rings is 1. The van der Waals surface area contributed by atoms with E-state index in [1.165, 1.54) is 30.5 Å². The predicted octanol–water partition coefficient (Wildman–Crippen LogP) is 3.87. The van der Waals surface area contributed by atoms with E-state index in [2.05, 4.69) is 61.8 Å². The van der Waals surface area contributed by atoms with E-state index in [9.17, 15) is 0 Å². The molecule has 30 heavy (non-hydrogen) atoms. The molecule has 0 bridgehead atoms. The molecule has 6 rings (SSSR count). The number of H-pyrrole nitrogens is 2. The average Bonchev–Trinajstić information content (AvgIpc) is 3.43. The number of rotatable bonds is 3. The maximum atomic E-state index is 4.98. The number of hydrogen-bond donors (Lipinski definition) is 3. The summed E-state index contributed by atoms with van der Waals surface area (Å²) in [5, 5.41) is 11.0. The molecular weight excluding hydrogens is 374 g/mol. The number of aromatic amines is 2. The summed E-state index contributed by atoms with van der Waals surface area (Å²) < 4.78 is 0. The second-order valence-corrected chi connectivity index (χ2v) is 8.15. The first-order chi connectivity index (χ1) is 14.9. The molecule has 1 fully saturated rings. The minimum absolute atomic E-state index is 0.768. The summed E-state index contributed by atoms with van der Waals surface area (Å²) in [6.07, 6.45) is 7.03. The van der Waals surface area contributed by atoms with E-state index in [1.54, 1.807) is 0 Å². The van der Waals surface area contributed by atoms with Crippen molar-refractivity contribution in [2.24, 2.45) is 0 Å². The molecule has 152 valence electrons. The molecule has 2 aliphatic rings. The van der Waals surface area contributed by atoms with Crippen LogP contribution in [0.25, 0.3) is 39.2 Å². The molecule has 0 radical (unpaired) electrons. The quantitative estimate of drug-likeness (QED) is 0.487. The Labute approximate surface area is 174 Å². The molecule has 0 saturated carbocycles. The molecule has 0 atom stereocenters. The zero-order valence-electron chi connectivity index (χ0n) is 16.9. The van der Waals surface area contributed by atoms with Crippen molar-refractivity contribution < 1.29 is 0 Å². The van der Waals surface area contributed by atoms with Gasteiger partial charge in [-0.15, -0.1) is 0 Å². The van der Waals surface area contributed by atoms with Gasteiger partial charge in [-0.1, -0.05) is 12.1 Å². The molecule has 1 aromatic carbocycles. The fourth-order valence-electron chi connectivity index (χ4n) is 4.62. The van der Waals surface area contributed by atoms with E-state index in [0.29, 0.717) is 0 Å². The van der Waals surface area contributed by atoms with Crippen LogP contribution in [0.4, 0.5) is 5.69 Å². The molecule has 0 unspecified atom stereocenters. The van der Waals surface area contributed by atoms with Gasteiger partial charge in [0.25, 0.3) is 0 Å². The van der Waals surface area contributed by atoms with Gasteiger partial charge in [0.15, 0.2) is 11.5 Å². The number of hydrogen-bond acceptors (Lipinski definition) is 5. The third-order valence-corrected chi connectivity index (χ3v) is 6.21. The van der Waals surface area contributed by atoms with Gasteiger partial charge >= 0.3 is 0 Å². The highest BCUT2D eigenvalue weighted by Crippen LogP contribution is 2.32. The van der Waals surface area contributed by atoms with E-state index < -0.39 is 0 Å². The number of nitrogens with one attached hydrogen (secondary N) is 3. The smallest absolute Gasteiger partial charge is 0.161 e. The van der Waals surface area contributed by atoms with Crippen LogP contribution in [0.3, 0.4) is 0 Å². The van der Waals surface area contributed by atoms with E-state index in [0.717, 1.165) is 71.9 Å². The van der Waals surface area contributed by atoms with Crippen LogP contribution in [-0.4, -0.2) is 51.3 Å². The molecule has 2 aliphatic heterocycles. The molecule has 0 amide bonds. The van der Waals surface area contributed by atoms with Crippen LogP contribution in [0.1, 0.15) is 31.4 Å². The van der Waals surface area contributed by atoms with Crippen LogP contribution < -0.4 is 10.2 Å². The van der Waals surface area contributed by atoms with Crippen molar-refractivity contribution >= 4 is 33.3 Å². The van der Waals surface area contributed by atoms with Gasteiger partial charge in [-0.05, 0) is 62.1 Å². The first kappa shape index (κ1) is 17.7. The van der Waals surface area contributed by atoms with Crippen molar-refractivity contribution in [3.8, 4) is 11.5 Å². The highest BCUT2D eigenvalue weighted by molar-refractivity contribution is 5.94. The predicted molar refractivity (Wildman–Crippen MR) is 121 cm³/mol. The highest BCUT2D eigenvalue weighted by atomic mass is 15.2. The van der Waals surface area contributed by atoms with Crippen molar-refractivity contribution in [1.29, 1.82) is 0 Å². The molecule has 0 spiro atoms. The standard InChI is InChI=1S/C23H25N7/c1-2-13-30(14-3-1)19-6-4-5-17-20(19)27-23(26-17)22-21-18(28-29-22)8-7-16(25-21)15-9-11-24-12-10-15/h4-9,24H,1-3,10-14H2,(H,26,27)(H,28,29). The second kappa shape index (κ2) is 7.25. The van der Waals surface area contributed by atoms with Gasteiger partial charge in [0, 0.05) is 19.6 Å². The Balaban J connectivity index is 1.44. The SMILES string of the molecule is C1=C(c2ccc3[nH]nc(-c4nc5c(N6CCCCC6)cccc5[nH]4)c3n2)CCNC1. The lowest BCUT2D eigenvalue weighted by atomic mass is 10.1. The summed E-state index contributed by atoms with van der Waals surface area (Å²) >= 11 is 0. The molecular formula is C23H25N7. The molecule has 3 N–H and O–H groups in total. The van der Waals surface area contributed by atoms with Crippen molar-refractivity contribution in [2.75, 3.05) is 31.1 Å². The number of imidazole rings is 1. The fraction of sp³-hybridized carbons (Fsp3) is 0.348. The summed E-state index contributed by atoms with van der Waals surface area (Å²) in [6.45, 7) is 4.09. The third-order valence-electron chi connectivity index (χ3n) is 6.21. The minimum Gasteiger partial charge on any atom is -0.370 e. The number of benzene rings is 1. The van der Waals surface area contributed by atoms with Gasteiger partial charge in [-0.2, -0.15) is 5.10 Å². The maximum Gasteiger partial charge on any atom is 0.161 e. The lowest BCUT2D eigenvalue weighted by Crippen LogP contribution is -2.29. The number of aromatic nitrogens is 5. The minimum atomic E-state index is 0.768. The Morgan fingerprint density at radius 3 is 2.70 bits per heavy atom. The van der Waals surface area contributed by atoms with Crippen molar-refractivity contribution in [1.82, 2.24) is 30.5 Å². The van der Waals surface area contributed by atoms with Crippen molar-refractivity contribution in [3.05, 3.63) is 42.1 Å². The van der Waals surface area contributed by atoms with E-state index in [4.69, 9.17) is 9.97 Å². The Kier molecular flexibility index (Phi) is 4.27. The third kappa shape index (κ3) is 2.97. The van der Waals surface area contributed by atoms with Gasteiger partial charge in [0.2, 0.25) is 0 Å². The molecule has 5 heterocycles. The summed E-state index contributed by atoms with van der Waals surface area (Å²) in [7, 11) is 0. The number of fused-ring (bicyclic) bond motifs is 2. The lowest BCUT2D eigenvalue weighted by Gasteiger charge is -2.28.